The first kappa shape index (κ1) is 16.6. The Balaban J connectivity index is 1.55. The minimum atomic E-state index is -0.437. The molecule has 0 aliphatic carbocycles. The van der Waals surface area contributed by atoms with Gasteiger partial charge in [0.1, 0.15) is 17.5 Å². The standard InChI is InChI=1S/C17H17FN6O/c1-12-22-15(11-16(23-12)24-9-3-6-21-24)19-7-8-20-17(25)13-4-2-5-14(18)10-13/h2-6,9-11H,7-8H2,1H3,(H,20,25)(H,19,22,23). The lowest BCUT2D eigenvalue weighted by Crippen LogP contribution is -2.29. The number of benzene rings is 1. The molecule has 25 heavy (non-hydrogen) atoms. The van der Waals surface area contributed by atoms with Gasteiger partial charge in [0.15, 0.2) is 5.82 Å². The largest absolute Gasteiger partial charge is 0.368 e. The Hall–Kier alpha value is -3.29. The van der Waals surface area contributed by atoms with Crippen LogP contribution in [-0.2, 0) is 0 Å². The molecule has 0 aliphatic rings. The van der Waals surface area contributed by atoms with Crippen LogP contribution in [0.15, 0.2) is 48.8 Å². The minimum Gasteiger partial charge on any atom is -0.368 e. The van der Waals surface area contributed by atoms with Crippen molar-refractivity contribution in [3.05, 3.63) is 66.0 Å². The van der Waals surface area contributed by atoms with Gasteiger partial charge < -0.3 is 10.6 Å². The molecular formula is C17H17FN6O. The van der Waals surface area contributed by atoms with E-state index in [1.165, 1.54) is 18.2 Å². The summed E-state index contributed by atoms with van der Waals surface area (Å²) in [6.45, 7) is 2.63. The SMILES string of the molecule is Cc1nc(NCCNC(=O)c2cccc(F)c2)cc(-n2cccn2)n1. The van der Waals surface area contributed by atoms with Crippen LogP contribution in [-0.4, -0.2) is 38.7 Å². The van der Waals surface area contributed by atoms with E-state index in [1.807, 2.05) is 6.07 Å². The molecule has 2 aromatic heterocycles. The van der Waals surface area contributed by atoms with Gasteiger partial charge in [0.2, 0.25) is 0 Å². The molecule has 8 heteroatoms. The number of halogens is 1. The molecule has 7 nitrogen and oxygen atoms in total. The average Bonchev–Trinajstić information content (AvgIpc) is 3.13. The number of hydrogen-bond donors (Lipinski definition) is 2. The summed E-state index contributed by atoms with van der Waals surface area (Å²) in [5.41, 5.74) is 0.291. The summed E-state index contributed by atoms with van der Waals surface area (Å²) in [6.07, 6.45) is 3.47. The molecule has 0 bridgehead atoms. The Labute approximate surface area is 143 Å². The number of carbonyl (C=O) groups excluding carboxylic acids is 1. The molecule has 0 radical (unpaired) electrons. The van der Waals surface area contributed by atoms with E-state index in [-0.39, 0.29) is 5.91 Å². The van der Waals surface area contributed by atoms with Crippen molar-refractivity contribution >= 4 is 11.7 Å². The molecule has 1 amide bonds. The number of aryl methyl sites for hydroxylation is 1. The van der Waals surface area contributed by atoms with Crippen molar-refractivity contribution in [1.29, 1.82) is 0 Å². The predicted octanol–water partition coefficient (Wildman–Crippen LogP) is 1.95. The number of hydrogen-bond acceptors (Lipinski definition) is 5. The maximum absolute atomic E-state index is 13.1. The first-order valence-electron chi connectivity index (χ1n) is 7.75. The lowest BCUT2D eigenvalue weighted by molar-refractivity contribution is 0.0954. The van der Waals surface area contributed by atoms with Crippen LogP contribution in [0, 0.1) is 12.7 Å². The number of rotatable bonds is 6. The van der Waals surface area contributed by atoms with E-state index in [0.29, 0.717) is 36.1 Å². The van der Waals surface area contributed by atoms with Crippen LogP contribution in [0.25, 0.3) is 5.82 Å². The molecule has 0 unspecified atom stereocenters. The fourth-order valence-electron chi connectivity index (χ4n) is 2.26. The molecule has 0 spiro atoms. The van der Waals surface area contributed by atoms with Crippen molar-refractivity contribution in [3.8, 4) is 5.82 Å². The van der Waals surface area contributed by atoms with Gasteiger partial charge in [0.05, 0.1) is 0 Å². The number of anilines is 1. The molecule has 2 heterocycles. The number of amides is 1. The maximum atomic E-state index is 13.1. The first-order chi connectivity index (χ1) is 12.1. The molecule has 0 saturated heterocycles. The second-order valence-corrected chi connectivity index (χ2v) is 5.30. The van der Waals surface area contributed by atoms with Gasteiger partial charge in [-0.2, -0.15) is 5.10 Å². The third-order valence-corrected chi connectivity index (χ3v) is 3.37. The van der Waals surface area contributed by atoms with E-state index >= 15 is 0 Å². The molecule has 0 aliphatic heterocycles. The van der Waals surface area contributed by atoms with Crippen LogP contribution in [0.2, 0.25) is 0 Å². The number of nitrogens with zero attached hydrogens (tertiary/aromatic N) is 4. The molecule has 0 saturated carbocycles. The van der Waals surface area contributed by atoms with E-state index in [4.69, 9.17) is 0 Å². The molecule has 0 atom stereocenters. The van der Waals surface area contributed by atoms with Crippen molar-refractivity contribution in [3.63, 3.8) is 0 Å². The number of nitrogens with one attached hydrogen (secondary N) is 2. The Morgan fingerprint density at radius 3 is 2.84 bits per heavy atom. The minimum absolute atomic E-state index is 0.291. The van der Waals surface area contributed by atoms with Gasteiger partial charge in [0.25, 0.3) is 5.91 Å². The molecule has 3 aromatic rings. The molecule has 3 rings (SSSR count). The average molecular weight is 340 g/mol. The fraction of sp³-hybridized carbons (Fsp3) is 0.176. The smallest absolute Gasteiger partial charge is 0.251 e. The Morgan fingerprint density at radius 1 is 1.20 bits per heavy atom. The van der Waals surface area contributed by atoms with E-state index in [1.54, 1.807) is 36.1 Å². The highest BCUT2D eigenvalue weighted by atomic mass is 19.1. The van der Waals surface area contributed by atoms with E-state index in [0.717, 1.165) is 0 Å². The molecule has 1 aromatic carbocycles. The van der Waals surface area contributed by atoms with Crippen LogP contribution in [0.1, 0.15) is 16.2 Å². The molecule has 2 N–H and O–H groups in total. The fourth-order valence-corrected chi connectivity index (χ4v) is 2.26. The quantitative estimate of drug-likeness (QED) is 0.670. The van der Waals surface area contributed by atoms with Crippen molar-refractivity contribution in [1.82, 2.24) is 25.1 Å². The Bertz CT molecular complexity index is 865. The first-order valence-corrected chi connectivity index (χ1v) is 7.75. The molecular weight excluding hydrogens is 323 g/mol. The highest BCUT2D eigenvalue weighted by molar-refractivity contribution is 5.94. The van der Waals surface area contributed by atoms with Gasteiger partial charge in [-0.25, -0.2) is 19.0 Å². The van der Waals surface area contributed by atoms with E-state index in [2.05, 4.69) is 25.7 Å². The number of aromatic nitrogens is 4. The Morgan fingerprint density at radius 2 is 2.08 bits per heavy atom. The monoisotopic (exact) mass is 340 g/mol. The number of carbonyl (C=O) groups is 1. The zero-order valence-electron chi connectivity index (χ0n) is 13.6. The second kappa shape index (κ2) is 7.52. The maximum Gasteiger partial charge on any atom is 0.251 e. The van der Waals surface area contributed by atoms with Gasteiger partial charge in [0, 0.05) is 37.1 Å². The van der Waals surface area contributed by atoms with Crippen LogP contribution in [0.4, 0.5) is 10.2 Å². The van der Waals surface area contributed by atoms with Gasteiger partial charge in [-0.05, 0) is 31.2 Å². The molecule has 128 valence electrons. The zero-order valence-corrected chi connectivity index (χ0v) is 13.6. The summed E-state index contributed by atoms with van der Waals surface area (Å²) in [6, 6.07) is 9.15. The summed E-state index contributed by atoms with van der Waals surface area (Å²) in [5.74, 6) is 1.15. The zero-order chi connectivity index (χ0) is 17.6. The van der Waals surface area contributed by atoms with E-state index < -0.39 is 5.82 Å². The Kier molecular flexibility index (Phi) is 4.98. The van der Waals surface area contributed by atoms with Crippen molar-refractivity contribution in [2.24, 2.45) is 0 Å². The normalized spacial score (nSPS) is 10.5. The van der Waals surface area contributed by atoms with Crippen LogP contribution in [0.5, 0.6) is 0 Å². The summed E-state index contributed by atoms with van der Waals surface area (Å²) in [4.78, 5) is 20.6. The van der Waals surface area contributed by atoms with Crippen molar-refractivity contribution < 1.29 is 9.18 Å². The van der Waals surface area contributed by atoms with Gasteiger partial charge >= 0.3 is 0 Å². The van der Waals surface area contributed by atoms with E-state index in [9.17, 15) is 9.18 Å². The summed E-state index contributed by atoms with van der Waals surface area (Å²) in [5, 5.41) is 9.99. The van der Waals surface area contributed by atoms with Crippen molar-refractivity contribution in [2.45, 2.75) is 6.92 Å². The van der Waals surface area contributed by atoms with Gasteiger partial charge in [-0.3, -0.25) is 4.79 Å². The highest BCUT2D eigenvalue weighted by Crippen LogP contribution is 2.09. The highest BCUT2D eigenvalue weighted by Gasteiger charge is 2.06. The van der Waals surface area contributed by atoms with Crippen molar-refractivity contribution in [2.75, 3.05) is 18.4 Å². The van der Waals surface area contributed by atoms with Gasteiger partial charge in [-0.15, -0.1) is 0 Å². The lowest BCUT2D eigenvalue weighted by atomic mass is 10.2. The molecule has 0 fully saturated rings. The van der Waals surface area contributed by atoms with Crippen LogP contribution in [0.3, 0.4) is 0 Å². The van der Waals surface area contributed by atoms with Gasteiger partial charge in [-0.1, -0.05) is 6.07 Å². The second-order valence-electron chi connectivity index (χ2n) is 5.30. The van der Waals surface area contributed by atoms with Crippen LogP contribution >= 0.6 is 0 Å². The topological polar surface area (TPSA) is 84.7 Å². The predicted molar refractivity (Wildman–Crippen MR) is 91.1 cm³/mol. The third kappa shape index (κ3) is 4.37. The summed E-state index contributed by atoms with van der Waals surface area (Å²) in [7, 11) is 0. The lowest BCUT2D eigenvalue weighted by Gasteiger charge is -2.09. The third-order valence-electron chi connectivity index (χ3n) is 3.37. The van der Waals surface area contributed by atoms with Crippen LogP contribution < -0.4 is 10.6 Å². The summed E-state index contributed by atoms with van der Waals surface area (Å²) >= 11 is 0. The summed E-state index contributed by atoms with van der Waals surface area (Å²) < 4.78 is 14.8.